The molecule has 2 unspecified atom stereocenters. The van der Waals surface area contributed by atoms with E-state index in [9.17, 15) is 13.9 Å². The van der Waals surface area contributed by atoms with Crippen LogP contribution in [0, 0.1) is 11.6 Å². The molecule has 5 heteroatoms. The average molecular weight is 293 g/mol. The van der Waals surface area contributed by atoms with Gasteiger partial charge in [0.1, 0.15) is 5.75 Å². The lowest BCUT2D eigenvalue weighted by Crippen LogP contribution is -2.21. The summed E-state index contributed by atoms with van der Waals surface area (Å²) >= 11 is 0. The smallest absolute Gasteiger partial charge is 0.159 e. The zero-order valence-corrected chi connectivity index (χ0v) is 11.6. The van der Waals surface area contributed by atoms with Gasteiger partial charge in [-0.3, -0.25) is 0 Å². The lowest BCUT2D eigenvalue weighted by Gasteiger charge is -2.24. The molecule has 2 atom stereocenters. The van der Waals surface area contributed by atoms with E-state index < -0.39 is 23.7 Å². The van der Waals surface area contributed by atoms with Crippen LogP contribution in [0.3, 0.4) is 0 Å². The molecule has 2 aromatic rings. The van der Waals surface area contributed by atoms with Crippen LogP contribution < -0.4 is 10.5 Å². The van der Waals surface area contributed by atoms with Crippen LogP contribution in [0.2, 0.25) is 0 Å². The van der Waals surface area contributed by atoms with Crippen molar-refractivity contribution in [3.8, 4) is 5.75 Å². The summed E-state index contributed by atoms with van der Waals surface area (Å²) in [5, 5.41) is 10.4. The van der Waals surface area contributed by atoms with Crippen LogP contribution in [0.4, 0.5) is 8.78 Å². The van der Waals surface area contributed by atoms with Crippen molar-refractivity contribution in [2.24, 2.45) is 5.73 Å². The summed E-state index contributed by atoms with van der Waals surface area (Å²) in [5.74, 6) is -1.84. The molecule has 0 aliphatic carbocycles. The fraction of sp³-hybridized carbons (Fsp3) is 0.250. The molecule has 0 fully saturated rings. The Hall–Kier alpha value is -1.98. The van der Waals surface area contributed by atoms with Crippen molar-refractivity contribution in [1.82, 2.24) is 0 Å². The number of hydrogen-bond donors (Lipinski definition) is 2. The molecule has 0 spiro atoms. The molecule has 0 heterocycles. The fourth-order valence-electron chi connectivity index (χ4n) is 2.33. The Morgan fingerprint density at radius 2 is 1.86 bits per heavy atom. The third-order valence-corrected chi connectivity index (χ3v) is 3.46. The van der Waals surface area contributed by atoms with Crippen LogP contribution in [0.5, 0.6) is 5.75 Å². The van der Waals surface area contributed by atoms with Crippen molar-refractivity contribution in [2.75, 3.05) is 13.7 Å². The summed E-state index contributed by atoms with van der Waals surface area (Å²) in [7, 11) is 1.52. The number of halogens is 2. The van der Waals surface area contributed by atoms with Gasteiger partial charge in [-0.2, -0.15) is 0 Å². The van der Waals surface area contributed by atoms with E-state index in [1.807, 2.05) is 0 Å². The van der Waals surface area contributed by atoms with Gasteiger partial charge >= 0.3 is 0 Å². The van der Waals surface area contributed by atoms with E-state index in [0.29, 0.717) is 5.75 Å². The van der Waals surface area contributed by atoms with E-state index in [1.165, 1.54) is 13.2 Å². The van der Waals surface area contributed by atoms with E-state index in [2.05, 4.69) is 0 Å². The maximum Gasteiger partial charge on any atom is 0.159 e. The SMILES string of the molecule is COc1ccccc1C(CN)C(O)c1ccc(F)c(F)c1. The zero-order chi connectivity index (χ0) is 15.4. The summed E-state index contributed by atoms with van der Waals surface area (Å²) in [4.78, 5) is 0. The number of nitrogens with two attached hydrogens (primary N) is 1. The first kappa shape index (κ1) is 15.4. The minimum Gasteiger partial charge on any atom is -0.496 e. The van der Waals surface area contributed by atoms with Gasteiger partial charge in [-0.15, -0.1) is 0 Å². The first-order chi connectivity index (χ1) is 10.1. The minimum absolute atomic E-state index is 0.139. The highest BCUT2D eigenvalue weighted by molar-refractivity contribution is 5.38. The first-order valence-corrected chi connectivity index (χ1v) is 6.54. The molecule has 0 aliphatic heterocycles. The third-order valence-electron chi connectivity index (χ3n) is 3.46. The maximum atomic E-state index is 13.3. The number of aliphatic hydroxyl groups excluding tert-OH is 1. The Kier molecular flexibility index (Phi) is 4.88. The van der Waals surface area contributed by atoms with Gasteiger partial charge in [-0.1, -0.05) is 24.3 Å². The molecular weight excluding hydrogens is 276 g/mol. The van der Waals surface area contributed by atoms with Crippen LogP contribution in [0.25, 0.3) is 0 Å². The number of methoxy groups -OCH3 is 1. The van der Waals surface area contributed by atoms with Crippen LogP contribution in [0.1, 0.15) is 23.1 Å². The van der Waals surface area contributed by atoms with Gasteiger partial charge in [-0.25, -0.2) is 8.78 Å². The van der Waals surface area contributed by atoms with Crippen LogP contribution in [-0.4, -0.2) is 18.8 Å². The summed E-state index contributed by atoms with van der Waals surface area (Å²) in [6.45, 7) is 0.139. The minimum atomic E-state index is -1.05. The normalized spacial score (nSPS) is 13.8. The number of hydrogen-bond acceptors (Lipinski definition) is 3. The first-order valence-electron chi connectivity index (χ1n) is 6.54. The van der Waals surface area contributed by atoms with Crippen molar-refractivity contribution in [2.45, 2.75) is 12.0 Å². The molecule has 0 aromatic heterocycles. The molecule has 112 valence electrons. The van der Waals surface area contributed by atoms with E-state index in [-0.39, 0.29) is 12.1 Å². The lowest BCUT2D eigenvalue weighted by molar-refractivity contribution is 0.145. The molecule has 0 saturated carbocycles. The number of aliphatic hydroxyl groups is 1. The predicted molar refractivity (Wildman–Crippen MR) is 76.1 cm³/mol. The Balaban J connectivity index is 2.38. The van der Waals surface area contributed by atoms with Crippen LogP contribution in [0.15, 0.2) is 42.5 Å². The molecule has 0 saturated heterocycles. The maximum absolute atomic E-state index is 13.3. The molecule has 21 heavy (non-hydrogen) atoms. The summed E-state index contributed by atoms with van der Waals surface area (Å²) < 4.78 is 31.6. The van der Waals surface area contributed by atoms with Crippen molar-refractivity contribution >= 4 is 0 Å². The lowest BCUT2D eigenvalue weighted by atomic mass is 9.88. The monoisotopic (exact) mass is 293 g/mol. The highest BCUT2D eigenvalue weighted by atomic mass is 19.2. The molecule has 2 rings (SSSR count). The highest BCUT2D eigenvalue weighted by Crippen LogP contribution is 2.35. The van der Waals surface area contributed by atoms with Gasteiger partial charge in [0.15, 0.2) is 11.6 Å². The fourth-order valence-corrected chi connectivity index (χ4v) is 2.33. The van der Waals surface area contributed by atoms with E-state index in [1.54, 1.807) is 24.3 Å². The second-order valence-electron chi connectivity index (χ2n) is 4.70. The molecular formula is C16H17F2NO2. The average Bonchev–Trinajstić information content (AvgIpc) is 2.51. The van der Waals surface area contributed by atoms with Crippen molar-refractivity contribution in [3.05, 3.63) is 65.2 Å². The number of ether oxygens (including phenoxy) is 1. The Morgan fingerprint density at radius 1 is 1.14 bits per heavy atom. The van der Waals surface area contributed by atoms with Gasteiger partial charge in [0.2, 0.25) is 0 Å². The molecule has 0 amide bonds. The molecule has 2 aromatic carbocycles. The van der Waals surface area contributed by atoms with Gasteiger partial charge in [-0.05, 0) is 23.8 Å². The zero-order valence-electron chi connectivity index (χ0n) is 11.6. The summed E-state index contributed by atoms with van der Waals surface area (Å²) in [6.07, 6.45) is -1.05. The van der Waals surface area contributed by atoms with Gasteiger partial charge in [0.05, 0.1) is 13.2 Å². The topological polar surface area (TPSA) is 55.5 Å². The molecule has 3 N–H and O–H groups in total. The second-order valence-corrected chi connectivity index (χ2v) is 4.70. The Labute approximate surface area is 122 Å². The quantitative estimate of drug-likeness (QED) is 0.891. The molecule has 0 radical (unpaired) electrons. The molecule has 3 nitrogen and oxygen atoms in total. The van der Waals surface area contributed by atoms with Crippen molar-refractivity contribution < 1.29 is 18.6 Å². The second kappa shape index (κ2) is 6.65. The predicted octanol–water partition coefficient (Wildman–Crippen LogP) is 2.75. The summed E-state index contributed by atoms with van der Waals surface area (Å²) in [5.41, 5.74) is 6.75. The number of rotatable bonds is 5. The standard InChI is InChI=1S/C16H17F2NO2/c1-21-15-5-3-2-4-11(15)12(9-19)16(20)10-6-7-13(17)14(18)8-10/h2-8,12,16,20H,9,19H2,1H3. The third kappa shape index (κ3) is 3.20. The van der Waals surface area contributed by atoms with Crippen molar-refractivity contribution in [3.63, 3.8) is 0 Å². The van der Waals surface area contributed by atoms with Gasteiger partial charge in [0.25, 0.3) is 0 Å². The Bertz CT molecular complexity index is 619. The largest absolute Gasteiger partial charge is 0.496 e. The van der Waals surface area contributed by atoms with E-state index in [0.717, 1.165) is 17.7 Å². The highest BCUT2D eigenvalue weighted by Gasteiger charge is 2.25. The Morgan fingerprint density at radius 3 is 2.48 bits per heavy atom. The van der Waals surface area contributed by atoms with Crippen LogP contribution >= 0.6 is 0 Å². The van der Waals surface area contributed by atoms with Crippen LogP contribution in [-0.2, 0) is 0 Å². The van der Waals surface area contributed by atoms with Crippen molar-refractivity contribution in [1.29, 1.82) is 0 Å². The number of benzene rings is 2. The summed E-state index contributed by atoms with van der Waals surface area (Å²) in [6, 6.07) is 10.5. The van der Waals surface area contributed by atoms with Gasteiger partial charge in [0, 0.05) is 18.0 Å². The number of para-hydroxylation sites is 1. The van der Waals surface area contributed by atoms with Gasteiger partial charge < -0.3 is 15.6 Å². The molecule has 0 aliphatic rings. The van der Waals surface area contributed by atoms with E-state index >= 15 is 0 Å². The van der Waals surface area contributed by atoms with E-state index in [4.69, 9.17) is 10.5 Å². The molecule has 0 bridgehead atoms.